The van der Waals surface area contributed by atoms with Gasteiger partial charge in [-0.3, -0.25) is 9.59 Å². The van der Waals surface area contributed by atoms with Gasteiger partial charge < -0.3 is 15.4 Å². The molecule has 0 atom stereocenters. The Balaban J connectivity index is 1.69. The van der Waals surface area contributed by atoms with Gasteiger partial charge in [-0.05, 0) is 71.6 Å². The van der Waals surface area contributed by atoms with Crippen LogP contribution in [0.3, 0.4) is 0 Å². The average molecular weight is 471 g/mol. The van der Waals surface area contributed by atoms with Crippen molar-refractivity contribution in [2.75, 3.05) is 17.2 Å². The molecule has 1 aliphatic rings. The van der Waals surface area contributed by atoms with Crippen molar-refractivity contribution in [3.8, 4) is 5.75 Å². The number of anilines is 2. The van der Waals surface area contributed by atoms with E-state index in [-0.39, 0.29) is 17.5 Å². The van der Waals surface area contributed by atoms with E-state index in [1.54, 1.807) is 18.2 Å². The lowest BCUT2D eigenvalue weighted by Gasteiger charge is -2.16. The van der Waals surface area contributed by atoms with Gasteiger partial charge in [-0.2, -0.15) is 13.2 Å². The predicted molar refractivity (Wildman–Crippen MR) is 106 cm³/mol. The highest BCUT2D eigenvalue weighted by Crippen LogP contribution is 2.37. The number of hydrogen-bond donors (Lipinski definition) is 2. The summed E-state index contributed by atoms with van der Waals surface area (Å²) in [5, 5.41) is 4.69. The summed E-state index contributed by atoms with van der Waals surface area (Å²) in [4.78, 5) is 23.9. The molecule has 2 amide bonds. The molecular weight excluding hydrogens is 453 g/mol. The van der Waals surface area contributed by atoms with Crippen LogP contribution in [0.5, 0.6) is 5.75 Å². The van der Waals surface area contributed by atoms with Crippen molar-refractivity contribution in [2.45, 2.75) is 25.9 Å². The van der Waals surface area contributed by atoms with E-state index in [9.17, 15) is 22.8 Å². The molecule has 2 aromatic carbocycles. The summed E-state index contributed by atoms with van der Waals surface area (Å²) in [7, 11) is 0. The van der Waals surface area contributed by atoms with Crippen LogP contribution in [-0.4, -0.2) is 18.4 Å². The third-order valence-electron chi connectivity index (χ3n) is 4.26. The second-order valence-corrected chi connectivity index (χ2v) is 7.65. The van der Waals surface area contributed by atoms with E-state index in [1.165, 1.54) is 6.07 Å². The fourth-order valence-corrected chi connectivity index (χ4v) is 3.22. The molecule has 0 unspecified atom stereocenters. The van der Waals surface area contributed by atoms with Crippen molar-refractivity contribution < 1.29 is 27.5 Å². The molecule has 0 saturated heterocycles. The lowest BCUT2D eigenvalue weighted by Crippen LogP contribution is -2.23. The van der Waals surface area contributed by atoms with Crippen molar-refractivity contribution in [1.29, 1.82) is 0 Å². The Hall–Kier alpha value is -2.55. The smallest absolute Gasteiger partial charge is 0.418 e. The Morgan fingerprint density at radius 1 is 1.14 bits per heavy atom. The quantitative estimate of drug-likeness (QED) is 0.613. The van der Waals surface area contributed by atoms with Crippen LogP contribution in [0.1, 0.15) is 24.0 Å². The Morgan fingerprint density at radius 2 is 1.86 bits per heavy atom. The summed E-state index contributed by atoms with van der Waals surface area (Å²) in [5.74, 6) is -0.772. The zero-order chi connectivity index (χ0) is 21.2. The molecule has 29 heavy (non-hydrogen) atoms. The van der Waals surface area contributed by atoms with Crippen molar-refractivity contribution in [3.63, 3.8) is 0 Å². The minimum atomic E-state index is -4.70. The number of carbonyl (C=O) groups excluding carboxylic acids is 2. The molecule has 1 saturated carbocycles. The molecule has 0 bridgehead atoms. The van der Waals surface area contributed by atoms with Gasteiger partial charge in [0.2, 0.25) is 5.91 Å². The van der Waals surface area contributed by atoms with Crippen LogP contribution in [0.4, 0.5) is 24.5 Å². The zero-order valence-corrected chi connectivity index (χ0v) is 17.0. The third-order valence-corrected chi connectivity index (χ3v) is 4.88. The molecule has 0 aromatic heterocycles. The molecular formula is C20H18BrF3N2O3. The normalized spacial score (nSPS) is 13.7. The van der Waals surface area contributed by atoms with Gasteiger partial charge in [0, 0.05) is 11.6 Å². The van der Waals surface area contributed by atoms with Gasteiger partial charge in [-0.15, -0.1) is 0 Å². The first-order valence-corrected chi connectivity index (χ1v) is 9.63. The molecule has 5 nitrogen and oxygen atoms in total. The maximum atomic E-state index is 13.4. The van der Waals surface area contributed by atoms with E-state index in [2.05, 4.69) is 26.6 Å². The van der Waals surface area contributed by atoms with Crippen LogP contribution in [0.25, 0.3) is 0 Å². The van der Waals surface area contributed by atoms with Crippen molar-refractivity contribution in [1.82, 2.24) is 0 Å². The number of ether oxygens (including phenoxy) is 1. The fourth-order valence-electron chi connectivity index (χ4n) is 2.61. The molecule has 154 valence electrons. The van der Waals surface area contributed by atoms with E-state index in [1.807, 2.05) is 6.92 Å². The summed E-state index contributed by atoms with van der Waals surface area (Å²) in [6.07, 6.45) is -3.23. The van der Waals surface area contributed by atoms with Crippen molar-refractivity contribution >= 4 is 39.1 Å². The van der Waals surface area contributed by atoms with Crippen molar-refractivity contribution in [2.24, 2.45) is 5.92 Å². The van der Waals surface area contributed by atoms with E-state index in [4.69, 9.17) is 4.74 Å². The van der Waals surface area contributed by atoms with E-state index < -0.39 is 29.9 Å². The standard InChI is InChI=1S/C20H18BrF3N2O3/c1-11-2-7-17(15(21)8-11)29-10-18(27)26-16-6-5-13(9-14(16)20(22,23)24)25-19(28)12-3-4-12/h2,5-9,12H,3-4,10H2,1H3,(H,25,28)(H,26,27). The minimum absolute atomic E-state index is 0.0343. The van der Waals surface area contributed by atoms with Gasteiger partial charge in [-0.25, -0.2) is 0 Å². The number of carbonyl (C=O) groups is 2. The van der Waals surface area contributed by atoms with Gasteiger partial charge >= 0.3 is 6.18 Å². The maximum Gasteiger partial charge on any atom is 0.418 e. The maximum absolute atomic E-state index is 13.4. The summed E-state index contributed by atoms with van der Waals surface area (Å²) < 4.78 is 46.3. The third kappa shape index (κ3) is 5.72. The number of aryl methyl sites for hydroxylation is 1. The minimum Gasteiger partial charge on any atom is -0.483 e. The van der Waals surface area contributed by atoms with E-state index in [0.29, 0.717) is 10.2 Å². The Morgan fingerprint density at radius 3 is 2.48 bits per heavy atom. The molecule has 3 rings (SSSR count). The number of nitrogens with one attached hydrogen (secondary N) is 2. The number of amides is 2. The summed E-state index contributed by atoms with van der Waals surface area (Å²) >= 11 is 3.30. The molecule has 0 aliphatic heterocycles. The molecule has 2 N–H and O–H groups in total. The van der Waals surface area contributed by atoms with E-state index in [0.717, 1.165) is 30.5 Å². The number of rotatable bonds is 6. The molecule has 9 heteroatoms. The highest BCUT2D eigenvalue weighted by Gasteiger charge is 2.35. The lowest BCUT2D eigenvalue weighted by molar-refractivity contribution is -0.137. The Kier molecular flexibility index (Phi) is 6.16. The van der Waals surface area contributed by atoms with Crippen molar-refractivity contribution in [3.05, 3.63) is 52.0 Å². The lowest BCUT2D eigenvalue weighted by atomic mass is 10.1. The SMILES string of the molecule is Cc1ccc(OCC(=O)Nc2ccc(NC(=O)C3CC3)cc2C(F)(F)F)c(Br)c1. The number of benzene rings is 2. The second kappa shape index (κ2) is 8.44. The first-order valence-electron chi connectivity index (χ1n) is 8.84. The number of alkyl halides is 3. The number of hydrogen-bond acceptors (Lipinski definition) is 3. The van der Waals surface area contributed by atoms with E-state index >= 15 is 0 Å². The monoisotopic (exact) mass is 470 g/mol. The molecule has 2 aromatic rings. The largest absolute Gasteiger partial charge is 0.483 e. The van der Waals surface area contributed by atoms with Gasteiger partial charge in [0.25, 0.3) is 5.91 Å². The summed E-state index contributed by atoms with van der Waals surface area (Å²) in [6, 6.07) is 8.49. The Labute approximate surface area is 173 Å². The van der Waals surface area contributed by atoms with Crippen LogP contribution in [0.15, 0.2) is 40.9 Å². The average Bonchev–Trinajstić information content (AvgIpc) is 3.46. The van der Waals surface area contributed by atoms with Crippen LogP contribution >= 0.6 is 15.9 Å². The zero-order valence-electron chi connectivity index (χ0n) is 15.4. The van der Waals surface area contributed by atoms with Gasteiger partial charge in [-0.1, -0.05) is 6.07 Å². The molecule has 0 heterocycles. The first kappa shape index (κ1) is 21.2. The van der Waals surface area contributed by atoms with Gasteiger partial charge in [0.1, 0.15) is 5.75 Å². The van der Waals surface area contributed by atoms with Gasteiger partial charge in [0.15, 0.2) is 6.61 Å². The van der Waals surface area contributed by atoms with Crippen LogP contribution in [0, 0.1) is 12.8 Å². The summed E-state index contributed by atoms with van der Waals surface area (Å²) in [5.41, 5.74) is -0.432. The molecule has 1 fully saturated rings. The fraction of sp³-hybridized carbons (Fsp3) is 0.300. The highest BCUT2D eigenvalue weighted by atomic mass is 79.9. The molecule has 1 aliphatic carbocycles. The Bertz CT molecular complexity index is 943. The number of halogens is 4. The second-order valence-electron chi connectivity index (χ2n) is 6.79. The highest BCUT2D eigenvalue weighted by molar-refractivity contribution is 9.10. The topological polar surface area (TPSA) is 67.4 Å². The predicted octanol–water partition coefficient (Wildman–Crippen LogP) is 5.14. The first-order chi connectivity index (χ1) is 13.6. The molecule has 0 spiro atoms. The van der Waals surface area contributed by atoms with Crippen LogP contribution < -0.4 is 15.4 Å². The molecule has 0 radical (unpaired) electrons. The van der Waals surface area contributed by atoms with Crippen LogP contribution in [0.2, 0.25) is 0 Å². The summed E-state index contributed by atoms with van der Waals surface area (Å²) in [6.45, 7) is 1.43. The van der Waals surface area contributed by atoms with Gasteiger partial charge in [0.05, 0.1) is 15.7 Å². The van der Waals surface area contributed by atoms with Crippen LogP contribution in [-0.2, 0) is 15.8 Å².